The molecular weight excluding hydrogens is 262 g/mol. The molecule has 1 aliphatic carbocycles. The minimum atomic E-state index is -0.366. The van der Waals surface area contributed by atoms with Crippen LogP contribution in [0.15, 0.2) is 18.2 Å². The Kier molecular flexibility index (Phi) is 5.01. The highest BCUT2D eigenvalue weighted by Gasteiger charge is 2.35. The molecule has 0 unspecified atom stereocenters. The van der Waals surface area contributed by atoms with Gasteiger partial charge >= 0.3 is 0 Å². The number of carbonyl (C=O) groups is 1. The molecule has 4 nitrogen and oxygen atoms in total. The minimum absolute atomic E-state index is 0.307. The first-order chi connectivity index (χ1) is 9.94. The zero-order chi connectivity index (χ0) is 15.5. The number of aryl methyl sites for hydroxylation is 1. The van der Waals surface area contributed by atoms with E-state index in [0.29, 0.717) is 11.1 Å². The average Bonchev–Trinajstić information content (AvgIpc) is 2.90. The van der Waals surface area contributed by atoms with Crippen molar-refractivity contribution < 1.29 is 4.79 Å². The fourth-order valence-corrected chi connectivity index (χ4v) is 3.29. The molecule has 1 amide bonds. The van der Waals surface area contributed by atoms with Crippen molar-refractivity contribution in [2.45, 2.75) is 44.7 Å². The SMILES string of the molecule is Cc1cc(C(N)=O)ccc1CNCC1(N(C)C)CCCC1. The summed E-state index contributed by atoms with van der Waals surface area (Å²) in [6, 6.07) is 5.68. The van der Waals surface area contributed by atoms with Crippen molar-refractivity contribution in [1.82, 2.24) is 10.2 Å². The molecule has 1 aromatic carbocycles. The normalized spacial score (nSPS) is 17.3. The number of nitrogens with two attached hydrogens (primary N) is 1. The first kappa shape index (κ1) is 16.0. The standard InChI is InChI=1S/C17H27N3O/c1-13-10-14(16(18)21)6-7-15(13)11-19-12-17(20(2)3)8-4-5-9-17/h6-7,10,19H,4-5,8-9,11-12H2,1-3H3,(H2,18,21). The highest BCUT2D eigenvalue weighted by atomic mass is 16.1. The molecule has 0 aliphatic heterocycles. The molecule has 2 rings (SSSR count). The van der Waals surface area contributed by atoms with Crippen molar-refractivity contribution >= 4 is 5.91 Å². The molecule has 1 fully saturated rings. The number of hydrogen-bond acceptors (Lipinski definition) is 3. The molecule has 21 heavy (non-hydrogen) atoms. The van der Waals surface area contributed by atoms with E-state index in [1.54, 1.807) is 0 Å². The topological polar surface area (TPSA) is 58.4 Å². The molecule has 0 radical (unpaired) electrons. The van der Waals surface area contributed by atoms with Crippen LogP contribution in [-0.4, -0.2) is 37.0 Å². The van der Waals surface area contributed by atoms with E-state index < -0.39 is 0 Å². The first-order valence-corrected chi connectivity index (χ1v) is 7.72. The third kappa shape index (κ3) is 3.63. The molecule has 1 saturated carbocycles. The van der Waals surface area contributed by atoms with Crippen molar-refractivity contribution in [2.24, 2.45) is 5.73 Å². The van der Waals surface area contributed by atoms with Crippen LogP contribution in [0.2, 0.25) is 0 Å². The molecule has 0 atom stereocenters. The lowest BCUT2D eigenvalue weighted by atomic mass is 9.95. The van der Waals surface area contributed by atoms with Crippen LogP contribution in [0, 0.1) is 6.92 Å². The first-order valence-electron chi connectivity index (χ1n) is 7.72. The lowest BCUT2D eigenvalue weighted by molar-refractivity contribution is 0.1000. The molecule has 116 valence electrons. The summed E-state index contributed by atoms with van der Waals surface area (Å²) in [7, 11) is 4.36. The van der Waals surface area contributed by atoms with Gasteiger partial charge in [0.15, 0.2) is 0 Å². The third-order valence-corrected chi connectivity index (χ3v) is 4.88. The van der Waals surface area contributed by atoms with Gasteiger partial charge in [0, 0.05) is 24.2 Å². The quantitative estimate of drug-likeness (QED) is 0.843. The number of benzene rings is 1. The number of amides is 1. The van der Waals surface area contributed by atoms with E-state index in [0.717, 1.165) is 18.7 Å². The summed E-state index contributed by atoms with van der Waals surface area (Å²) in [4.78, 5) is 13.5. The third-order valence-electron chi connectivity index (χ3n) is 4.88. The monoisotopic (exact) mass is 289 g/mol. The summed E-state index contributed by atoms with van der Waals surface area (Å²) in [6.07, 6.45) is 5.19. The molecular formula is C17H27N3O. The smallest absolute Gasteiger partial charge is 0.248 e. The van der Waals surface area contributed by atoms with Crippen LogP contribution in [0.4, 0.5) is 0 Å². The number of likely N-dealkylation sites (N-methyl/N-ethyl adjacent to an activating group) is 1. The Hall–Kier alpha value is -1.39. The van der Waals surface area contributed by atoms with E-state index in [4.69, 9.17) is 5.73 Å². The number of rotatable bonds is 6. The van der Waals surface area contributed by atoms with E-state index in [2.05, 4.69) is 24.3 Å². The number of nitrogens with one attached hydrogen (secondary N) is 1. The van der Waals surface area contributed by atoms with E-state index in [9.17, 15) is 4.79 Å². The van der Waals surface area contributed by atoms with Crippen LogP contribution in [0.5, 0.6) is 0 Å². The summed E-state index contributed by atoms with van der Waals surface area (Å²) in [5.41, 5.74) is 8.54. The fourth-order valence-electron chi connectivity index (χ4n) is 3.29. The van der Waals surface area contributed by atoms with Crippen molar-refractivity contribution in [3.63, 3.8) is 0 Å². The highest BCUT2D eigenvalue weighted by Crippen LogP contribution is 2.33. The number of hydrogen-bond donors (Lipinski definition) is 2. The predicted octanol–water partition coefficient (Wildman–Crippen LogP) is 2.06. The van der Waals surface area contributed by atoms with Gasteiger partial charge in [-0.2, -0.15) is 0 Å². The van der Waals surface area contributed by atoms with Gasteiger partial charge in [-0.25, -0.2) is 0 Å². The van der Waals surface area contributed by atoms with Crippen LogP contribution in [-0.2, 0) is 6.54 Å². The summed E-state index contributed by atoms with van der Waals surface area (Å²) in [5.74, 6) is -0.366. The average molecular weight is 289 g/mol. The second-order valence-corrected chi connectivity index (χ2v) is 6.43. The Morgan fingerprint density at radius 3 is 2.52 bits per heavy atom. The second kappa shape index (κ2) is 6.58. The van der Waals surface area contributed by atoms with Gasteiger partial charge in [-0.3, -0.25) is 4.79 Å². The molecule has 0 bridgehead atoms. The lowest BCUT2D eigenvalue weighted by Crippen LogP contribution is -2.49. The summed E-state index contributed by atoms with van der Waals surface area (Å²) in [6.45, 7) is 3.87. The molecule has 0 spiro atoms. The van der Waals surface area contributed by atoms with Gasteiger partial charge in [0.1, 0.15) is 0 Å². The van der Waals surface area contributed by atoms with Crippen molar-refractivity contribution in [1.29, 1.82) is 0 Å². The second-order valence-electron chi connectivity index (χ2n) is 6.43. The van der Waals surface area contributed by atoms with E-state index >= 15 is 0 Å². The molecule has 1 aliphatic rings. The van der Waals surface area contributed by atoms with Crippen LogP contribution in [0.1, 0.15) is 47.2 Å². The van der Waals surface area contributed by atoms with E-state index in [-0.39, 0.29) is 5.91 Å². The largest absolute Gasteiger partial charge is 0.366 e. The zero-order valence-electron chi connectivity index (χ0n) is 13.4. The van der Waals surface area contributed by atoms with Crippen LogP contribution in [0.3, 0.4) is 0 Å². The maximum Gasteiger partial charge on any atom is 0.248 e. The molecule has 4 heteroatoms. The fraction of sp³-hybridized carbons (Fsp3) is 0.588. The Labute approximate surface area is 127 Å². The minimum Gasteiger partial charge on any atom is -0.366 e. The van der Waals surface area contributed by atoms with Gasteiger partial charge in [-0.1, -0.05) is 18.9 Å². The maximum absolute atomic E-state index is 11.2. The van der Waals surface area contributed by atoms with Crippen molar-refractivity contribution in [3.8, 4) is 0 Å². The molecule has 0 aromatic heterocycles. The summed E-state index contributed by atoms with van der Waals surface area (Å²) >= 11 is 0. The van der Waals surface area contributed by atoms with Crippen LogP contribution in [0.25, 0.3) is 0 Å². The van der Waals surface area contributed by atoms with Crippen molar-refractivity contribution in [2.75, 3.05) is 20.6 Å². The summed E-state index contributed by atoms with van der Waals surface area (Å²) in [5, 5.41) is 3.60. The van der Waals surface area contributed by atoms with Gasteiger partial charge < -0.3 is 16.0 Å². The van der Waals surface area contributed by atoms with Gasteiger partial charge in [0.05, 0.1) is 0 Å². The summed E-state index contributed by atoms with van der Waals surface area (Å²) < 4.78 is 0. The predicted molar refractivity (Wildman–Crippen MR) is 86.3 cm³/mol. The van der Waals surface area contributed by atoms with Gasteiger partial charge in [-0.05, 0) is 57.1 Å². The van der Waals surface area contributed by atoms with Gasteiger partial charge in [0.25, 0.3) is 0 Å². The Balaban J connectivity index is 1.95. The molecule has 3 N–H and O–H groups in total. The lowest BCUT2D eigenvalue weighted by Gasteiger charge is -2.36. The van der Waals surface area contributed by atoms with E-state index in [1.807, 2.05) is 25.1 Å². The Morgan fingerprint density at radius 1 is 1.33 bits per heavy atom. The Bertz CT molecular complexity index is 505. The highest BCUT2D eigenvalue weighted by molar-refractivity contribution is 5.93. The number of primary amides is 1. The maximum atomic E-state index is 11.2. The van der Waals surface area contributed by atoms with Crippen LogP contribution < -0.4 is 11.1 Å². The van der Waals surface area contributed by atoms with E-state index in [1.165, 1.54) is 31.2 Å². The zero-order valence-corrected chi connectivity index (χ0v) is 13.4. The number of nitrogens with zero attached hydrogens (tertiary/aromatic N) is 1. The van der Waals surface area contributed by atoms with Crippen LogP contribution >= 0.6 is 0 Å². The molecule has 0 saturated heterocycles. The Morgan fingerprint density at radius 2 is 2.00 bits per heavy atom. The van der Waals surface area contributed by atoms with Crippen molar-refractivity contribution in [3.05, 3.63) is 34.9 Å². The van der Waals surface area contributed by atoms with Gasteiger partial charge in [-0.15, -0.1) is 0 Å². The van der Waals surface area contributed by atoms with Gasteiger partial charge in [0.2, 0.25) is 5.91 Å². The molecule has 1 aromatic rings. The molecule has 0 heterocycles. The number of carbonyl (C=O) groups excluding carboxylic acids is 1.